The molecule has 0 aliphatic carbocycles. The van der Waals surface area contributed by atoms with E-state index in [0.29, 0.717) is 0 Å². The average Bonchev–Trinajstić information content (AvgIpc) is 2.76. The van der Waals surface area contributed by atoms with E-state index in [1.54, 1.807) is 16.9 Å². The lowest BCUT2D eigenvalue weighted by molar-refractivity contribution is 0.961. The Morgan fingerprint density at radius 3 is 3.00 bits per heavy atom. The smallest absolute Gasteiger partial charge is 0.222 e. The van der Waals surface area contributed by atoms with Crippen LogP contribution in [0.1, 0.15) is 0 Å². The van der Waals surface area contributed by atoms with Gasteiger partial charge in [-0.1, -0.05) is 6.07 Å². The van der Waals surface area contributed by atoms with Crippen LogP contribution in [-0.2, 0) is 0 Å². The molecular weight excluding hydrogens is 304 g/mol. The second kappa shape index (κ2) is 4.09. The Balaban J connectivity index is 2.31. The van der Waals surface area contributed by atoms with Crippen LogP contribution in [0, 0.1) is 0 Å². The summed E-state index contributed by atoms with van der Waals surface area (Å²) in [7, 11) is 0. The van der Waals surface area contributed by atoms with Gasteiger partial charge in [0.05, 0.1) is 21.9 Å². The highest BCUT2D eigenvalue weighted by Gasteiger charge is 2.11. The van der Waals surface area contributed by atoms with E-state index in [1.807, 2.05) is 24.4 Å². The van der Waals surface area contributed by atoms with Gasteiger partial charge in [-0.3, -0.25) is 0 Å². The zero-order chi connectivity index (χ0) is 11.8. The summed E-state index contributed by atoms with van der Waals surface area (Å²) in [4.78, 5) is 8.13. The van der Waals surface area contributed by atoms with Gasteiger partial charge in [-0.15, -0.1) is 0 Å². The summed E-state index contributed by atoms with van der Waals surface area (Å²) in [6.07, 6.45) is 5.28. The predicted molar refractivity (Wildman–Crippen MR) is 68.9 cm³/mol. The van der Waals surface area contributed by atoms with E-state index in [4.69, 9.17) is 11.6 Å². The Morgan fingerprint density at radius 1 is 1.24 bits per heavy atom. The molecule has 0 saturated carbocycles. The number of pyridine rings is 1. The molecule has 0 aromatic carbocycles. The maximum Gasteiger partial charge on any atom is 0.222 e. The van der Waals surface area contributed by atoms with Gasteiger partial charge in [0.2, 0.25) is 5.28 Å². The van der Waals surface area contributed by atoms with Gasteiger partial charge in [-0.05, 0) is 39.7 Å². The minimum absolute atomic E-state index is 0.221. The van der Waals surface area contributed by atoms with Gasteiger partial charge >= 0.3 is 0 Å². The first-order chi connectivity index (χ1) is 8.25. The molecule has 3 aromatic heterocycles. The Labute approximate surface area is 110 Å². The van der Waals surface area contributed by atoms with Gasteiger partial charge in [0.1, 0.15) is 0 Å². The number of hydrogen-bond acceptors (Lipinski definition) is 3. The molecule has 0 aliphatic rings. The summed E-state index contributed by atoms with van der Waals surface area (Å²) in [6, 6.07) is 5.85. The van der Waals surface area contributed by atoms with Gasteiger partial charge in [-0.2, -0.15) is 5.10 Å². The fourth-order valence-electron chi connectivity index (χ4n) is 1.65. The summed E-state index contributed by atoms with van der Waals surface area (Å²) in [5.74, 6) is 0. The standard InChI is InChI=1S/C11H6BrClN4/c12-8-6-14-11(13)16-10(8)7-5-15-17-4-2-1-3-9(7)17/h1-6H. The van der Waals surface area contributed by atoms with Crippen LogP contribution < -0.4 is 0 Å². The van der Waals surface area contributed by atoms with Crippen LogP contribution in [0.2, 0.25) is 5.28 Å². The molecule has 0 unspecified atom stereocenters. The molecular formula is C11H6BrClN4. The van der Waals surface area contributed by atoms with E-state index in [9.17, 15) is 0 Å². The van der Waals surface area contributed by atoms with Crippen molar-refractivity contribution < 1.29 is 0 Å². The minimum atomic E-state index is 0.221. The first-order valence-corrected chi connectivity index (χ1v) is 6.03. The normalized spacial score (nSPS) is 10.9. The van der Waals surface area contributed by atoms with Crippen LogP contribution in [0.25, 0.3) is 16.8 Å². The summed E-state index contributed by atoms with van der Waals surface area (Å²) in [5.41, 5.74) is 2.64. The lowest BCUT2D eigenvalue weighted by Gasteiger charge is -2.01. The lowest BCUT2D eigenvalue weighted by Crippen LogP contribution is -1.89. The molecule has 3 heterocycles. The zero-order valence-electron chi connectivity index (χ0n) is 8.51. The molecule has 0 amide bonds. The lowest BCUT2D eigenvalue weighted by atomic mass is 10.2. The molecule has 0 spiro atoms. The monoisotopic (exact) mass is 308 g/mol. The number of halogens is 2. The molecule has 0 aliphatic heterocycles. The number of nitrogens with zero attached hydrogens (tertiary/aromatic N) is 4. The van der Waals surface area contributed by atoms with Crippen LogP contribution >= 0.6 is 27.5 Å². The number of hydrogen-bond donors (Lipinski definition) is 0. The highest BCUT2D eigenvalue weighted by atomic mass is 79.9. The molecule has 3 aromatic rings. The molecule has 0 N–H and O–H groups in total. The van der Waals surface area contributed by atoms with E-state index < -0.39 is 0 Å². The van der Waals surface area contributed by atoms with Crippen LogP contribution in [-0.4, -0.2) is 19.6 Å². The van der Waals surface area contributed by atoms with E-state index in [2.05, 4.69) is 31.0 Å². The highest BCUT2D eigenvalue weighted by molar-refractivity contribution is 9.10. The second-order valence-electron chi connectivity index (χ2n) is 3.42. The van der Waals surface area contributed by atoms with Crippen molar-refractivity contribution in [3.63, 3.8) is 0 Å². The molecule has 3 rings (SSSR count). The third-order valence-corrected chi connectivity index (χ3v) is 3.16. The van der Waals surface area contributed by atoms with Gasteiger partial charge in [0, 0.05) is 18.0 Å². The Bertz CT molecular complexity index is 695. The fourth-order valence-corrected chi connectivity index (χ4v) is 2.19. The maximum atomic E-state index is 5.81. The van der Waals surface area contributed by atoms with Crippen molar-refractivity contribution in [1.29, 1.82) is 0 Å². The highest BCUT2D eigenvalue weighted by Crippen LogP contribution is 2.29. The minimum Gasteiger partial charge on any atom is -0.240 e. The quantitative estimate of drug-likeness (QED) is 0.648. The van der Waals surface area contributed by atoms with Crippen molar-refractivity contribution in [2.24, 2.45) is 0 Å². The summed E-state index contributed by atoms with van der Waals surface area (Å²) in [6.45, 7) is 0. The SMILES string of the molecule is Clc1ncc(Br)c(-c2cnn3ccccc23)n1. The Morgan fingerprint density at radius 2 is 2.12 bits per heavy atom. The molecule has 17 heavy (non-hydrogen) atoms. The van der Waals surface area contributed by atoms with E-state index in [0.717, 1.165) is 21.2 Å². The van der Waals surface area contributed by atoms with Crippen LogP contribution in [0.4, 0.5) is 0 Å². The second-order valence-corrected chi connectivity index (χ2v) is 4.62. The fraction of sp³-hybridized carbons (Fsp3) is 0. The average molecular weight is 310 g/mol. The van der Waals surface area contributed by atoms with Crippen molar-refractivity contribution in [3.8, 4) is 11.3 Å². The molecule has 0 saturated heterocycles. The van der Waals surface area contributed by atoms with Gasteiger partial charge in [0.25, 0.3) is 0 Å². The molecule has 84 valence electrons. The summed E-state index contributed by atoms with van der Waals surface area (Å²) in [5, 5.41) is 4.48. The maximum absolute atomic E-state index is 5.81. The Kier molecular flexibility index (Phi) is 2.57. The van der Waals surface area contributed by atoms with Crippen molar-refractivity contribution in [2.75, 3.05) is 0 Å². The van der Waals surface area contributed by atoms with Crippen molar-refractivity contribution in [2.45, 2.75) is 0 Å². The summed E-state index contributed by atoms with van der Waals surface area (Å²) >= 11 is 9.23. The van der Waals surface area contributed by atoms with Crippen molar-refractivity contribution in [1.82, 2.24) is 19.6 Å². The topological polar surface area (TPSA) is 43.1 Å². The number of aromatic nitrogens is 4. The number of fused-ring (bicyclic) bond motifs is 1. The first kappa shape index (κ1) is 10.7. The molecule has 0 radical (unpaired) electrons. The Hall–Kier alpha value is -1.46. The van der Waals surface area contributed by atoms with Crippen molar-refractivity contribution >= 4 is 33.0 Å². The van der Waals surface area contributed by atoms with Crippen LogP contribution in [0.5, 0.6) is 0 Å². The zero-order valence-corrected chi connectivity index (χ0v) is 10.9. The van der Waals surface area contributed by atoms with Gasteiger partial charge in [-0.25, -0.2) is 14.5 Å². The third kappa shape index (κ3) is 1.81. The van der Waals surface area contributed by atoms with Crippen LogP contribution in [0.3, 0.4) is 0 Å². The molecule has 4 nitrogen and oxygen atoms in total. The largest absolute Gasteiger partial charge is 0.240 e. The number of rotatable bonds is 1. The summed E-state index contributed by atoms with van der Waals surface area (Å²) < 4.78 is 2.58. The molecule has 6 heteroatoms. The van der Waals surface area contributed by atoms with E-state index in [1.165, 1.54) is 0 Å². The molecule has 0 bridgehead atoms. The van der Waals surface area contributed by atoms with Crippen molar-refractivity contribution in [3.05, 3.63) is 46.5 Å². The predicted octanol–water partition coefficient (Wildman–Crippen LogP) is 3.21. The van der Waals surface area contributed by atoms with Gasteiger partial charge < -0.3 is 0 Å². The van der Waals surface area contributed by atoms with Crippen LogP contribution in [0.15, 0.2) is 41.3 Å². The first-order valence-electron chi connectivity index (χ1n) is 4.86. The van der Waals surface area contributed by atoms with E-state index in [-0.39, 0.29) is 5.28 Å². The van der Waals surface area contributed by atoms with Gasteiger partial charge in [0.15, 0.2) is 0 Å². The molecule has 0 fully saturated rings. The van der Waals surface area contributed by atoms with E-state index >= 15 is 0 Å². The third-order valence-electron chi connectivity index (χ3n) is 2.40. The molecule has 0 atom stereocenters.